The molecule has 0 aliphatic rings. The zero-order valence-corrected chi connectivity index (χ0v) is 32.2. The van der Waals surface area contributed by atoms with Gasteiger partial charge in [0.2, 0.25) is 11.8 Å². The maximum atomic E-state index is 13.2. The Morgan fingerprint density at radius 2 is 1.72 bits per heavy atom. The molecule has 2 unspecified atom stereocenters. The van der Waals surface area contributed by atoms with E-state index in [2.05, 4.69) is 50.0 Å². The quantitative estimate of drug-likeness (QED) is 0.0537. The van der Waals surface area contributed by atoms with Crippen LogP contribution in [0.1, 0.15) is 107 Å². The summed E-state index contributed by atoms with van der Waals surface area (Å²) in [4.78, 5) is 44.9. The maximum Gasteiger partial charge on any atom is 0.271 e. The molecular weight excluding hydrogens is 657 g/mol. The summed E-state index contributed by atoms with van der Waals surface area (Å²) in [6, 6.07) is 5.90. The zero-order chi connectivity index (χ0) is 37.8. The van der Waals surface area contributed by atoms with E-state index in [4.69, 9.17) is 22.0 Å². The van der Waals surface area contributed by atoms with Crippen molar-refractivity contribution in [1.82, 2.24) is 20.1 Å². The second kappa shape index (κ2) is 23.6. The van der Waals surface area contributed by atoms with Gasteiger partial charge in [0.15, 0.2) is 0 Å². The van der Waals surface area contributed by atoms with Gasteiger partial charge in [0.25, 0.3) is 5.91 Å². The van der Waals surface area contributed by atoms with E-state index in [0.29, 0.717) is 43.3 Å². The molecule has 0 saturated carbocycles. The fraction of sp³-hybridized carbons (Fsp3) is 0.639. The van der Waals surface area contributed by atoms with E-state index in [1.54, 1.807) is 29.6 Å². The number of hydrazone groups is 1. The molecule has 4 atom stereocenters. The molecule has 0 bridgehead atoms. The molecule has 0 saturated heterocycles. The predicted molar refractivity (Wildman–Crippen MR) is 202 cm³/mol. The van der Waals surface area contributed by atoms with Crippen LogP contribution in [0.15, 0.2) is 34.7 Å². The Bertz CT molecular complexity index is 1320. The first kappa shape index (κ1) is 44.3. The summed E-state index contributed by atoms with van der Waals surface area (Å²) in [7, 11) is 3.77. The van der Waals surface area contributed by atoms with E-state index in [1.165, 1.54) is 11.3 Å². The van der Waals surface area contributed by atoms with E-state index >= 15 is 0 Å². The van der Waals surface area contributed by atoms with E-state index in [-0.39, 0.29) is 47.2 Å². The molecule has 2 rings (SSSR count). The molecule has 0 aliphatic carbocycles. The second-order valence-electron chi connectivity index (χ2n) is 13.2. The third-order valence-corrected chi connectivity index (χ3v) is 9.33. The molecule has 1 heterocycles. The van der Waals surface area contributed by atoms with Gasteiger partial charge in [-0.1, -0.05) is 66.5 Å². The van der Waals surface area contributed by atoms with Gasteiger partial charge in [-0.3, -0.25) is 19.3 Å². The largest absolute Gasteiger partial charge is 0.508 e. The topological polar surface area (TPSA) is 202 Å². The standard InChI is InChI=1S/C29H46N6O4S.C7H16N2O/c1-7-13-39-25(16-24(18(3)4)35(6)26(37)14-19(5)8-2)29-33-23(17-40-29)28(38)32-22(27(30)34-31)15-20-9-11-21(36)12-10-20;1-3-4-5-9(2)6-7(8)10/h9-12,17-19,22,24-25,36H,7-8,13-16,31H2,1-6H3,(H2,30,34)(H,32,38);3-6H2,1-2H3,(H2,8,10)/t19-,22-,24?,25?;/m0./s1. The maximum absolute atomic E-state index is 13.2. The first-order valence-corrected chi connectivity index (χ1v) is 18.5. The molecular formula is C36H62N8O5S. The smallest absolute Gasteiger partial charge is 0.271 e. The van der Waals surface area contributed by atoms with Crippen molar-refractivity contribution in [2.75, 3.05) is 33.8 Å². The molecule has 8 N–H and O–H groups in total. The summed E-state index contributed by atoms with van der Waals surface area (Å²) < 4.78 is 6.21. The predicted octanol–water partition coefficient (Wildman–Crippen LogP) is 4.40. The van der Waals surface area contributed by atoms with Crippen molar-refractivity contribution in [3.63, 3.8) is 0 Å². The van der Waals surface area contributed by atoms with Gasteiger partial charge in [0, 0.05) is 37.9 Å². The Balaban J connectivity index is 0.00000108. The van der Waals surface area contributed by atoms with Gasteiger partial charge < -0.3 is 37.4 Å². The Morgan fingerprint density at radius 1 is 1.06 bits per heavy atom. The molecule has 50 heavy (non-hydrogen) atoms. The molecule has 282 valence electrons. The Kier molecular flexibility index (Phi) is 20.9. The minimum absolute atomic E-state index is 0.0464. The molecule has 0 spiro atoms. The molecule has 0 fully saturated rings. The molecule has 1 aromatic carbocycles. The highest BCUT2D eigenvalue weighted by atomic mass is 32.1. The first-order chi connectivity index (χ1) is 23.7. The summed E-state index contributed by atoms with van der Waals surface area (Å²) >= 11 is 1.36. The van der Waals surface area contributed by atoms with E-state index in [9.17, 15) is 19.5 Å². The number of likely N-dealkylation sites (N-methyl/N-ethyl adjacent to an activating group) is 1. The molecule has 3 amide bonds. The second-order valence-corrected chi connectivity index (χ2v) is 14.1. The monoisotopic (exact) mass is 718 g/mol. The normalized spacial score (nSPS) is 14.0. The van der Waals surface area contributed by atoms with Gasteiger partial charge in [-0.05, 0) is 62.4 Å². The van der Waals surface area contributed by atoms with Gasteiger partial charge in [-0.2, -0.15) is 5.10 Å². The van der Waals surface area contributed by atoms with Crippen LogP contribution >= 0.6 is 11.3 Å². The van der Waals surface area contributed by atoms with Gasteiger partial charge in [0.05, 0.1) is 12.6 Å². The number of rotatable bonds is 21. The number of amidine groups is 1. The van der Waals surface area contributed by atoms with Crippen LogP contribution in [0.2, 0.25) is 0 Å². The van der Waals surface area contributed by atoms with Crippen molar-refractivity contribution in [1.29, 1.82) is 0 Å². The average molecular weight is 719 g/mol. The number of aromatic nitrogens is 1. The van der Waals surface area contributed by atoms with Crippen LogP contribution in [-0.4, -0.2) is 89.3 Å². The number of nitrogens with zero attached hydrogens (tertiary/aromatic N) is 4. The van der Waals surface area contributed by atoms with Crippen LogP contribution in [0.4, 0.5) is 0 Å². The highest BCUT2D eigenvalue weighted by Gasteiger charge is 2.30. The Morgan fingerprint density at radius 3 is 2.26 bits per heavy atom. The number of thiazole rings is 1. The van der Waals surface area contributed by atoms with Gasteiger partial charge >= 0.3 is 0 Å². The number of amides is 3. The van der Waals surface area contributed by atoms with Gasteiger partial charge in [0.1, 0.15) is 28.4 Å². The number of nitrogens with two attached hydrogens (primary N) is 3. The number of primary amides is 1. The number of hydrogen-bond acceptors (Lipinski definition) is 10. The van der Waals surface area contributed by atoms with Crippen LogP contribution < -0.4 is 22.6 Å². The number of phenols is 1. The van der Waals surface area contributed by atoms with Crippen molar-refractivity contribution in [2.45, 2.75) is 105 Å². The van der Waals surface area contributed by atoms with E-state index in [0.717, 1.165) is 37.8 Å². The first-order valence-electron chi connectivity index (χ1n) is 17.6. The van der Waals surface area contributed by atoms with E-state index < -0.39 is 11.9 Å². The highest BCUT2D eigenvalue weighted by Crippen LogP contribution is 2.31. The average Bonchev–Trinajstić information content (AvgIpc) is 3.57. The Labute approximate surface area is 303 Å². The third-order valence-electron chi connectivity index (χ3n) is 8.40. The van der Waals surface area contributed by atoms with Crippen LogP contribution in [0.5, 0.6) is 5.75 Å². The molecule has 0 radical (unpaired) electrons. The molecule has 14 heteroatoms. The number of carbonyl (C=O) groups excluding carboxylic acids is 3. The minimum Gasteiger partial charge on any atom is -0.508 e. The lowest BCUT2D eigenvalue weighted by atomic mass is 9.95. The Hall–Kier alpha value is -3.75. The molecule has 0 aliphatic heterocycles. The molecule has 13 nitrogen and oxygen atoms in total. The fourth-order valence-electron chi connectivity index (χ4n) is 5.10. The van der Waals surface area contributed by atoms with Crippen molar-refractivity contribution < 1.29 is 24.2 Å². The van der Waals surface area contributed by atoms with Gasteiger partial charge in [-0.25, -0.2) is 4.98 Å². The SMILES string of the molecule is CCCCN(C)CC(N)=O.CCCOC(CC(C(C)C)N(C)C(=O)C[C@@H](C)CC)c1nc(C(=O)N[C@@H](Cc2ccc(O)cc2)/C(N)=N/N)cs1. The number of hydrogen-bond donors (Lipinski definition) is 5. The number of unbranched alkanes of at least 4 members (excludes halogenated alkanes) is 1. The summed E-state index contributed by atoms with van der Waals surface area (Å²) in [5.41, 5.74) is 12.1. The third kappa shape index (κ3) is 16.3. The van der Waals surface area contributed by atoms with Crippen molar-refractivity contribution in [3.05, 3.63) is 45.9 Å². The lowest BCUT2D eigenvalue weighted by Crippen LogP contribution is -2.46. The lowest BCUT2D eigenvalue weighted by molar-refractivity contribution is -0.134. The zero-order valence-electron chi connectivity index (χ0n) is 31.4. The highest BCUT2D eigenvalue weighted by molar-refractivity contribution is 7.09. The summed E-state index contributed by atoms with van der Waals surface area (Å²) in [6.45, 7) is 14.4. The van der Waals surface area contributed by atoms with Crippen LogP contribution in [0, 0.1) is 11.8 Å². The number of ether oxygens (including phenoxy) is 1. The van der Waals surface area contributed by atoms with Crippen molar-refractivity contribution in [2.24, 2.45) is 34.2 Å². The summed E-state index contributed by atoms with van der Waals surface area (Å²) in [6.07, 6.45) is 5.14. The lowest BCUT2D eigenvalue weighted by Gasteiger charge is -2.34. The molecule has 1 aromatic heterocycles. The van der Waals surface area contributed by atoms with Gasteiger partial charge in [-0.15, -0.1) is 11.3 Å². The number of carbonyl (C=O) groups is 3. The van der Waals surface area contributed by atoms with Crippen LogP contribution in [0.25, 0.3) is 0 Å². The van der Waals surface area contributed by atoms with Crippen LogP contribution in [0.3, 0.4) is 0 Å². The number of aromatic hydroxyl groups is 1. The number of benzene rings is 1. The summed E-state index contributed by atoms with van der Waals surface area (Å²) in [5, 5.41) is 18.4. The van der Waals surface area contributed by atoms with E-state index in [1.807, 2.05) is 30.8 Å². The number of nitrogens with one attached hydrogen (secondary N) is 1. The van der Waals surface area contributed by atoms with Crippen molar-refractivity contribution in [3.8, 4) is 5.75 Å². The van der Waals surface area contributed by atoms with Crippen LogP contribution in [-0.2, 0) is 20.7 Å². The molecule has 2 aromatic rings. The number of phenolic OH excluding ortho intramolecular Hbond substituents is 1. The minimum atomic E-state index is -0.658. The van der Waals surface area contributed by atoms with Crippen molar-refractivity contribution >= 4 is 34.9 Å². The fourth-order valence-corrected chi connectivity index (χ4v) is 5.96. The summed E-state index contributed by atoms with van der Waals surface area (Å²) in [5.74, 6) is 5.64.